The van der Waals surface area contributed by atoms with Crippen LogP contribution in [0.25, 0.3) is 0 Å². The third kappa shape index (κ3) is 5.25. The number of carbonyl (C=O) groups excluding carboxylic acids is 1. The molecule has 10 heteroatoms. The second-order valence-corrected chi connectivity index (χ2v) is 8.82. The largest absolute Gasteiger partial charge is 0.368 e. The molecule has 0 bridgehead atoms. The number of carbonyl (C=O) groups is 1. The molecule has 2 heterocycles. The van der Waals surface area contributed by atoms with Crippen LogP contribution in [0.1, 0.15) is 0 Å². The summed E-state index contributed by atoms with van der Waals surface area (Å²) in [6, 6.07) is 12.2. The molecule has 0 radical (unpaired) electrons. The van der Waals surface area contributed by atoms with E-state index in [1.165, 1.54) is 59.5 Å². The maximum absolute atomic E-state index is 13.1. The molecular formula is C20H19F2N5OS2. The van der Waals surface area contributed by atoms with Crippen LogP contribution in [-0.2, 0) is 4.79 Å². The van der Waals surface area contributed by atoms with Gasteiger partial charge in [-0.3, -0.25) is 4.79 Å². The molecule has 1 saturated heterocycles. The van der Waals surface area contributed by atoms with Crippen LogP contribution in [0.4, 0.5) is 25.3 Å². The first-order chi connectivity index (χ1) is 14.6. The van der Waals surface area contributed by atoms with Crippen molar-refractivity contribution < 1.29 is 13.6 Å². The van der Waals surface area contributed by atoms with Gasteiger partial charge in [-0.15, -0.1) is 10.2 Å². The summed E-state index contributed by atoms with van der Waals surface area (Å²) in [5.74, 6) is -0.564. The van der Waals surface area contributed by atoms with Gasteiger partial charge in [0.15, 0.2) is 4.34 Å². The molecule has 0 saturated carbocycles. The topological polar surface area (TPSA) is 61.4 Å². The number of hydrogen-bond acceptors (Lipinski definition) is 7. The average Bonchev–Trinajstić information content (AvgIpc) is 3.24. The average molecular weight is 448 g/mol. The molecule has 1 amide bonds. The Bertz CT molecular complexity index is 989. The highest BCUT2D eigenvalue weighted by Crippen LogP contribution is 2.29. The lowest BCUT2D eigenvalue weighted by molar-refractivity contribution is -0.113. The van der Waals surface area contributed by atoms with Crippen LogP contribution in [-0.4, -0.2) is 48.0 Å². The van der Waals surface area contributed by atoms with Gasteiger partial charge in [0.05, 0.1) is 5.75 Å². The van der Waals surface area contributed by atoms with Crippen LogP contribution in [0.2, 0.25) is 0 Å². The van der Waals surface area contributed by atoms with Crippen LogP contribution in [0.15, 0.2) is 52.9 Å². The molecule has 0 spiro atoms. The van der Waals surface area contributed by atoms with Gasteiger partial charge in [0.2, 0.25) is 11.0 Å². The summed E-state index contributed by atoms with van der Waals surface area (Å²) in [7, 11) is 0. The number of amides is 1. The van der Waals surface area contributed by atoms with Crippen LogP contribution < -0.4 is 15.1 Å². The number of nitrogens with one attached hydrogen (secondary N) is 1. The van der Waals surface area contributed by atoms with Crippen molar-refractivity contribution >= 4 is 45.5 Å². The van der Waals surface area contributed by atoms with Gasteiger partial charge in [-0.05, 0) is 48.5 Å². The van der Waals surface area contributed by atoms with Crippen LogP contribution >= 0.6 is 23.1 Å². The van der Waals surface area contributed by atoms with Crippen molar-refractivity contribution in [2.75, 3.05) is 47.0 Å². The fourth-order valence-corrected chi connectivity index (χ4v) is 4.75. The Morgan fingerprint density at radius 1 is 0.933 bits per heavy atom. The van der Waals surface area contributed by atoms with Crippen LogP contribution in [0.3, 0.4) is 0 Å². The molecule has 1 aromatic heterocycles. The molecule has 6 nitrogen and oxygen atoms in total. The van der Waals surface area contributed by atoms with Gasteiger partial charge in [-0.2, -0.15) is 0 Å². The summed E-state index contributed by atoms with van der Waals surface area (Å²) < 4.78 is 26.7. The van der Waals surface area contributed by atoms with Crippen molar-refractivity contribution in [1.82, 2.24) is 10.2 Å². The molecule has 0 aliphatic carbocycles. The standard InChI is InChI=1S/C20H19F2N5OS2/c21-14-1-5-16(6-2-14)23-18(28)13-29-20-25-24-19(30-20)27-11-9-26(10-12-27)17-7-3-15(22)4-8-17/h1-8H,9-13H2,(H,23,28). The minimum absolute atomic E-state index is 0.184. The Morgan fingerprint density at radius 2 is 1.53 bits per heavy atom. The SMILES string of the molecule is O=C(CSc1nnc(N2CCN(c3ccc(F)cc3)CC2)s1)Nc1ccc(F)cc1. The van der Waals surface area contributed by atoms with Crippen molar-refractivity contribution in [3.63, 3.8) is 0 Å². The summed E-state index contributed by atoms with van der Waals surface area (Å²) in [6.07, 6.45) is 0. The molecule has 0 unspecified atom stereocenters. The first kappa shape index (κ1) is 20.5. The fourth-order valence-electron chi connectivity index (χ4n) is 3.05. The number of rotatable bonds is 6. The Kier molecular flexibility index (Phi) is 6.44. The van der Waals surface area contributed by atoms with E-state index in [9.17, 15) is 13.6 Å². The van der Waals surface area contributed by atoms with Crippen molar-refractivity contribution in [1.29, 1.82) is 0 Å². The smallest absolute Gasteiger partial charge is 0.234 e. The van der Waals surface area contributed by atoms with E-state index in [1.807, 2.05) is 0 Å². The number of thioether (sulfide) groups is 1. The van der Waals surface area contributed by atoms with E-state index < -0.39 is 0 Å². The van der Waals surface area contributed by atoms with Crippen LogP contribution in [0.5, 0.6) is 0 Å². The second kappa shape index (κ2) is 9.40. The number of hydrogen-bond donors (Lipinski definition) is 1. The monoisotopic (exact) mass is 447 g/mol. The molecule has 1 fully saturated rings. The molecular weight excluding hydrogens is 428 g/mol. The highest BCUT2D eigenvalue weighted by atomic mass is 32.2. The first-order valence-electron chi connectivity index (χ1n) is 9.34. The second-order valence-electron chi connectivity index (χ2n) is 6.64. The summed E-state index contributed by atoms with van der Waals surface area (Å²) in [5, 5.41) is 12.0. The van der Waals surface area contributed by atoms with Crippen molar-refractivity contribution in [2.24, 2.45) is 0 Å². The molecule has 3 aromatic rings. The Balaban J connectivity index is 1.25. The summed E-state index contributed by atoms with van der Waals surface area (Å²) in [4.78, 5) is 16.4. The van der Waals surface area contributed by atoms with Gasteiger partial charge in [0, 0.05) is 37.6 Å². The number of nitrogens with zero attached hydrogens (tertiary/aromatic N) is 4. The number of piperazine rings is 1. The third-order valence-electron chi connectivity index (χ3n) is 4.59. The number of anilines is 3. The Morgan fingerprint density at radius 3 is 2.20 bits per heavy atom. The highest BCUT2D eigenvalue weighted by Gasteiger charge is 2.21. The molecule has 0 atom stereocenters. The van der Waals surface area contributed by atoms with E-state index in [-0.39, 0.29) is 23.3 Å². The van der Waals surface area contributed by atoms with E-state index in [4.69, 9.17) is 0 Å². The van der Waals surface area contributed by atoms with Gasteiger partial charge < -0.3 is 15.1 Å². The number of halogens is 2. The zero-order chi connectivity index (χ0) is 20.9. The minimum atomic E-state index is -0.345. The van der Waals surface area contributed by atoms with E-state index in [1.54, 1.807) is 12.1 Å². The third-order valence-corrected chi connectivity index (χ3v) is 6.71. The van der Waals surface area contributed by atoms with E-state index in [0.29, 0.717) is 5.69 Å². The Labute approximate surface area is 180 Å². The van der Waals surface area contributed by atoms with Crippen LogP contribution in [0, 0.1) is 11.6 Å². The Hall–Kier alpha value is -2.72. The lowest BCUT2D eigenvalue weighted by Crippen LogP contribution is -2.46. The predicted octanol–water partition coefficient (Wildman–Crippen LogP) is 3.87. The molecule has 30 heavy (non-hydrogen) atoms. The number of benzene rings is 2. The molecule has 156 valence electrons. The zero-order valence-electron chi connectivity index (χ0n) is 15.9. The van der Waals surface area contributed by atoms with E-state index >= 15 is 0 Å². The summed E-state index contributed by atoms with van der Waals surface area (Å²) >= 11 is 2.78. The van der Waals surface area contributed by atoms with Crippen molar-refractivity contribution in [3.05, 3.63) is 60.2 Å². The van der Waals surface area contributed by atoms with E-state index in [0.717, 1.165) is 41.3 Å². The number of aromatic nitrogens is 2. The summed E-state index contributed by atoms with van der Waals surface area (Å²) in [5.41, 5.74) is 1.57. The van der Waals surface area contributed by atoms with Gasteiger partial charge in [-0.1, -0.05) is 23.1 Å². The summed E-state index contributed by atoms with van der Waals surface area (Å²) in [6.45, 7) is 3.21. The maximum atomic E-state index is 13.1. The predicted molar refractivity (Wildman–Crippen MR) is 116 cm³/mol. The quantitative estimate of drug-likeness (QED) is 0.579. The van der Waals surface area contributed by atoms with Gasteiger partial charge in [0.25, 0.3) is 0 Å². The minimum Gasteiger partial charge on any atom is -0.368 e. The van der Waals surface area contributed by atoms with Gasteiger partial charge >= 0.3 is 0 Å². The van der Waals surface area contributed by atoms with Gasteiger partial charge in [-0.25, -0.2) is 8.78 Å². The van der Waals surface area contributed by atoms with Gasteiger partial charge in [0.1, 0.15) is 11.6 Å². The molecule has 1 aliphatic heterocycles. The lowest BCUT2D eigenvalue weighted by Gasteiger charge is -2.35. The first-order valence-corrected chi connectivity index (χ1v) is 11.1. The highest BCUT2D eigenvalue weighted by molar-refractivity contribution is 8.01. The normalized spacial score (nSPS) is 14.1. The zero-order valence-corrected chi connectivity index (χ0v) is 17.6. The molecule has 1 aliphatic rings. The molecule has 2 aromatic carbocycles. The van der Waals surface area contributed by atoms with Crippen molar-refractivity contribution in [2.45, 2.75) is 4.34 Å². The maximum Gasteiger partial charge on any atom is 0.234 e. The van der Waals surface area contributed by atoms with E-state index in [2.05, 4.69) is 25.3 Å². The van der Waals surface area contributed by atoms with Crippen molar-refractivity contribution in [3.8, 4) is 0 Å². The lowest BCUT2D eigenvalue weighted by atomic mass is 10.2. The molecule has 1 N–H and O–H groups in total. The molecule has 4 rings (SSSR count). The fraction of sp³-hybridized carbons (Fsp3) is 0.250.